The Hall–Kier alpha value is -0.870. The molecular weight excluding hydrogens is 214 g/mol. The zero-order valence-electron chi connectivity index (χ0n) is 11.7. The SMILES string of the molecule is CCc1cc(CC(NC)C(CC)OC)n(C)n1. The smallest absolute Gasteiger partial charge is 0.0725 e. The first kappa shape index (κ1) is 14.2. The molecule has 0 aromatic carbocycles. The van der Waals surface area contributed by atoms with E-state index in [4.69, 9.17) is 4.74 Å². The minimum Gasteiger partial charge on any atom is -0.380 e. The number of nitrogens with zero attached hydrogens (tertiary/aromatic N) is 2. The van der Waals surface area contributed by atoms with E-state index in [1.807, 2.05) is 18.8 Å². The topological polar surface area (TPSA) is 39.1 Å². The third kappa shape index (κ3) is 3.54. The highest BCUT2D eigenvalue weighted by atomic mass is 16.5. The molecule has 1 aromatic heterocycles. The molecule has 17 heavy (non-hydrogen) atoms. The molecule has 0 aliphatic heterocycles. The van der Waals surface area contributed by atoms with E-state index in [-0.39, 0.29) is 6.10 Å². The molecular formula is C13H25N3O. The summed E-state index contributed by atoms with van der Waals surface area (Å²) >= 11 is 0. The minimum absolute atomic E-state index is 0.250. The molecule has 4 nitrogen and oxygen atoms in total. The van der Waals surface area contributed by atoms with E-state index in [9.17, 15) is 0 Å². The van der Waals surface area contributed by atoms with Gasteiger partial charge >= 0.3 is 0 Å². The summed E-state index contributed by atoms with van der Waals surface area (Å²) in [6, 6.07) is 2.53. The average Bonchev–Trinajstić information content (AvgIpc) is 2.70. The maximum absolute atomic E-state index is 5.51. The molecule has 0 amide bonds. The Bertz CT molecular complexity index is 331. The largest absolute Gasteiger partial charge is 0.380 e. The summed E-state index contributed by atoms with van der Waals surface area (Å²) in [6.07, 6.45) is 3.20. The van der Waals surface area contributed by atoms with Crippen LogP contribution in [0.3, 0.4) is 0 Å². The molecule has 0 saturated carbocycles. The van der Waals surface area contributed by atoms with Crippen molar-refractivity contribution >= 4 is 0 Å². The normalized spacial score (nSPS) is 14.9. The Morgan fingerprint density at radius 3 is 2.59 bits per heavy atom. The van der Waals surface area contributed by atoms with E-state index in [1.54, 1.807) is 7.11 Å². The lowest BCUT2D eigenvalue weighted by Gasteiger charge is -2.24. The van der Waals surface area contributed by atoms with Crippen molar-refractivity contribution in [3.63, 3.8) is 0 Å². The van der Waals surface area contributed by atoms with Crippen LogP contribution < -0.4 is 5.32 Å². The van der Waals surface area contributed by atoms with Crippen molar-refractivity contribution in [2.24, 2.45) is 7.05 Å². The molecule has 4 heteroatoms. The van der Waals surface area contributed by atoms with Crippen LogP contribution in [0.1, 0.15) is 31.7 Å². The van der Waals surface area contributed by atoms with Gasteiger partial charge in [-0.1, -0.05) is 13.8 Å². The van der Waals surface area contributed by atoms with Crippen molar-refractivity contribution in [1.82, 2.24) is 15.1 Å². The molecule has 0 fully saturated rings. The summed E-state index contributed by atoms with van der Waals surface area (Å²) in [5.74, 6) is 0. The fourth-order valence-corrected chi connectivity index (χ4v) is 2.20. The molecule has 0 saturated heterocycles. The van der Waals surface area contributed by atoms with Crippen LogP contribution in [0.2, 0.25) is 0 Å². The van der Waals surface area contributed by atoms with Crippen LogP contribution in [0.4, 0.5) is 0 Å². The maximum atomic E-state index is 5.51. The van der Waals surface area contributed by atoms with Crippen LogP contribution in [0.5, 0.6) is 0 Å². The van der Waals surface area contributed by atoms with Gasteiger partial charge in [-0.2, -0.15) is 5.10 Å². The van der Waals surface area contributed by atoms with E-state index >= 15 is 0 Å². The highest BCUT2D eigenvalue weighted by Gasteiger charge is 2.19. The van der Waals surface area contributed by atoms with Gasteiger partial charge in [0.05, 0.1) is 11.8 Å². The molecule has 0 aliphatic rings. The second-order valence-corrected chi connectivity index (χ2v) is 4.39. The zero-order valence-corrected chi connectivity index (χ0v) is 11.7. The quantitative estimate of drug-likeness (QED) is 0.784. The van der Waals surface area contributed by atoms with Crippen LogP contribution in [0, 0.1) is 0 Å². The van der Waals surface area contributed by atoms with Crippen molar-refractivity contribution in [3.8, 4) is 0 Å². The van der Waals surface area contributed by atoms with Gasteiger partial charge in [0, 0.05) is 32.3 Å². The van der Waals surface area contributed by atoms with Crippen molar-refractivity contribution < 1.29 is 4.74 Å². The molecule has 2 unspecified atom stereocenters. The third-order valence-corrected chi connectivity index (χ3v) is 3.34. The molecule has 98 valence electrons. The highest BCUT2D eigenvalue weighted by molar-refractivity contribution is 5.12. The molecule has 1 aromatic rings. The predicted octanol–water partition coefficient (Wildman–Crippen LogP) is 1.54. The number of hydrogen-bond donors (Lipinski definition) is 1. The first-order valence-electron chi connectivity index (χ1n) is 6.38. The Kier molecular flexibility index (Phi) is 5.65. The molecule has 1 rings (SSSR count). The van der Waals surface area contributed by atoms with Gasteiger partial charge in [0.2, 0.25) is 0 Å². The van der Waals surface area contributed by atoms with Crippen LogP contribution in [-0.2, 0) is 24.6 Å². The van der Waals surface area contributed by atoms with Gasteiger partial charge in [0.25, 0.3) is 0 Å². The summed E-state index contributed by atoms with van der Waals surface area (Å²) < 4.78 is 7.48. The van der Waals surface area contributed by atoms with E-state index in [0.717, 1.165) is 25.0 Å². The minimum atomic E-state index is 0.250. The second-order valence-electron chi connectivity index (χ2n) is 4.39. The number of ether oxygens (including phenoxy) is 1. The van der Waals surface area contributed by atoms with Gasteiger partial charge in [-0.25, -0.2) is 0 Å². The highest BCUT2D eigenvalue weighted by Crippen LogP contribution is 2.12. The molecule has 1 heterocycles. The van der Waals surface area contributed by atoms with Crippen LogP contribution in [0.25, 0.3) is 0 Å². The first-order chi connectivity index (χ1) is 8.15. The predicted molar refractivity (Wildman–Crippen MR) is 70.2 cm³/mol. The third-order valence-electron chi connectivity index (χ3n) is 3.34. The number of rotatable bonds is 7. The second kappa shape index (κ2) is 6.77. The Morgan fingerprint density at radius 1 is 1.47 bits per heavy atom. The fraction of sp³-hybridized carbons (Fsp3) is 0.769. The van der Waals surface area contributed by atoms with Crippen LogP contribution >= 0.6 is 0 Å². The maximum Gasteiger partial charge on any atom is 0.0725 e. The Labute approximate surface area is 104 Å². The molecule has 0 aliphatic carbocycles. The molecule has 0 bridgehead atoms. The van der Waals surface area contributed by atoms with E-state index in [0.29, 0.717) is 6.04 Å². The summed E-state index contributed by atoms with van der Waals surface area (Å²) in [5, 5.41) is 7.82. The number of methoxy groups -OCH3 is 1. The lowest BCUT2D eigenvalue weighted by molar-refractivity contribution is 0.0672. The van der Waals surface area contributed by atoms with Crippen molar-refractivity contribution in [2.45, 2.75) is 45.3 Å². The summed E-state index contributed by atoms with van der Waals surface area (Å²) in [5.41, 5.74) is 2.42. The van der Waals surface area contributed by atoms with E-state index < -0.39 is 0 Å². The summed E-state index contributed by atoms with van der Waals surface area (Å²) in [4.78, 5) is 0. The van der Waals surface area contributed by atoms with Crippen molar-refractivity contribution in [3.05, 3.63) is 17.5 Å². The molecule has 0 spiro atoms. The number of aromatic nitrogens is 2. The van der Waals surface area contributed by atoms with Gasteiger partial charge in [-0.15, -0.1) is 0 Å². The molecule has 2 atom stereocenters. The van der Waals surface area contributed by atoms with Crippen LogP contribution in [0.15, 0.2) is 6.07 Å². The summed E-state index contributed by atoms with van der Waals surface area (Å²) in [6.45, 7) is 4.28. The zero-order chi connectivity index (χ0) is 12.8. The number of hydrogen-bond acceptors (Lipinski definition) is 3. The number of likely N-dealkylation sites (N-methyl/N-ethyl adjacent to an activating group) is 1. The van der Waals surface area contributed by atoms with E-state index in [1.165, 1.54) is 5.69 Å². The monoisotopic (exact) mass is 239 g/mol. The first-order valence-corrected chi connectivity index (χ1v) is 6.38. The fourth-order valence-electron chi connectivity index (χ4n) is 2.20. The van der Waals surface area contributed by atoms with E-state index in [2.05, 4.69) is 30.3 Å². The lowest BCUT2D eigenvalue weighted by atomic mass is 10.0. The number of aryl methyl sites for hydroxylation is 2. The van der Waals surface area contributed by atoms with Crippen molar-refractivity contribution in [2.75, 3.05) is 14.2 Å². The van der Waals surface area contributed by atoms with Crippen molar-refractivity contribution in [1.29, 1.82) is 0 Å². The van der Waals surface area contributed by atoms with Gasteiger partial charge in [0.15, 0.2) is 0 Å². The van der Waals surface area contributed by atoms with Gasteiger partial charge < -0.3 is 10.1 Å². The van der Waals surface area contributed by atoms with Crippen LogP contribution in [-0.4, -0.2) is 36.1 Å². The van der Waals surface area contributed by atoms with Gasteiger partial charge in [-0.05, 0) is 26.0 Å². The molecule has 0 radical (unpaired) electrons. The van der Waals surface area contributed by atoms with Gasteiger partial charge in [-0.3, -0.25) is 4.68 Å². The standard InChI is InChI=1S/C13H25N3O/c1-6-10-8-11(16(4)15-10)9-12(14-3)13(7-2)17-5/h8,12-14H,6-7,9H2,1-5H3. The Balaban J connectivity index is 2.75. The lowest BCUT2D eigenvalue weighted by Crippen LogP contribution is -2.40. The molecule has 1 N–H and O–H groups in total. The van der Waals surface area contributed by atoms with Gasteiger partial charge in [0.1, 0.15) is 0 Å². The number of nitrogens with one attached hydrogen (secondary N) is 1. The average molecular weight is 239 g/mol. The Morgan fingerprint density at radius 2 is 2.18 bits per heavy atom. The summed E-state index contributed by atoms with van der Waals surface area (Å²) in [7, 11) is 5.78.